The van der Waals surface area contributed by atoms with Crippen LogP contribution in [0.3, 0.4) is 0 Å². The van der Waals surface area contributed by atoms with Crippen molar-refractivity contribution >= 4 is 11.7 Å². The molecule has 0 spiro atoms. The Hall–Kier alpha value is -3.68. The fourth-order valence-electron chi connectivity index (χ4n) is 5.66. The largest absolute Gasteiger partial charge is 0.493 e. The first kappa shape index (κ1) is 29.9. The lowest BCUT2D eigenvalue weighted by molar-refractivity contribution is -0.123. The van der Waals surface area contributed by atoms with E-state index >= 15 is 0 Å². The van der Waals surface area contributed by atoms with Gasteiger partial charge in [-0.05, 0) is 74.4 Å². The third-order valence-electron chi connectivity index (χ3n) is 7.60. The summed E-state index contributed by atoms with van der Waals surface area (Å²) in [6.07, 6.45) is 3.71. The summed E-state index contributed by atoms with van der Waals surface area (Å²) in [6.45, 7) is 4.95. The van der Waals surface area contributed by atoms with Crippen LogP contribution in [0, 0.1) is 5.92 Å². The second kappa shape index (κ2) is 13.9. The number of ketones is 1. The van der Waals surface area contributed by atoms with Crippen molar-refractivity contribution in [3.63, 3.8) is 0 Å². The predicted molar refractivity (Wildman–Crippen MR) is 153 cm³/mol. The van der Waals surface area contributed by atoms with Gasteiger partial charge in [0.05, 0.1) is 19.1 Å². The van der Waals surface area contributed by atoms with E-state index in [0.717, 1.165) is 50.0 Å². The highest BCUT2D eigenvalue weighted by molar-refractivity contribution is 5.94. The average Bonchev–Trinajstić information content (AvgIpc) is 2.95. The lowest BCUT2D eigenvalue weighted by Crippen LogP contribution is -2.46. The van der Waals surface area contributed by atoms with Crippen molar-refractivity contribution < 1.29 is 24.5 Å². The number of methoxy groups -OCH3 is 1. The topological polar surface area (TPSA) is 113 Å². The van der Waals surface area contributed by atoms with Crippen molar-refractivity contribution in [2.75, 3.05) is 33.4 Å². The number of Topliss-reactive ketones (excluding diaryl/α,β-unsaturated/α-hetero) is 1. The van der Waals surface area contributed by atoms with E-state index in [2.05, 4.69) is 4.90 Å². The smallest absolute Gasteiger partial charge is 0.232 e. The number of rotatable bonds is 12. The van der Waals surface area contributed by atoms with Crippen molar-refractivity contribution in [1.29, 1.82) is 0 Å². The molecule has 1 aliphatic heterocycles. The van der Waals surface area contributed by atoms with Crippen molar-refractivity contribution in [3.8, 4) is 11.5 Å². The first-order valence-corrected chi connectivity index (χ1v) is 13.4. The maximum atomic E-state index is 13.2. The van der Waals surface area contributed by atoms with Gasteiger partial charge in [-0.2, -0.15) is 0 Å². The number of hydrogen-bond donors (Lipinski definition) is 1. The van der Waals surface area contributed by atoms with Gasteiger partial charge < -0.3 is 25.6 Å². The number of amides is 1. The van der Waals surface area contributed by atoms with Gasteiger partial charge in [0, 0.05) is 18.7 Å². The van der Waals surface area contributed by atoms with Gasteiger partial charge in [-0.25, -0.2) is 0 Å². The Balaban J connectivity index is 0.00000420. The maximum Gasteiger partial charge on any atom is 0.232 e. The van der Waals surface area contributed by atoms with Crippen LogP contribution in [0.1, 0.15) is 54.1 Å². The van der Waals surface area contributed by atoms with E-state index in [1.165, 1.54) is 6.92 Å². The van der Waals surface area contributed by atoms with Crippen LogP contribution in [0.5, 0.6) is 11.5 Å². The quantitative estimate of drug-likeness (QED) is 0.274. The summed E-state index contributed by atoms with van der Waals surface area (Å²) in [5.74, 6) is 1.25. The molecule has 0 aliphatic carbocycles. The molecule has 7 nitrogen and oxygen atoms in total. The van der Waals surface area contributed by atoms with Crippen molar-refractivity contribution in [1.82, 2.24) is 4.90 Å². The molecule has 7 heteroatoms. The molecular weight excluding hydrogens is 492 g/mol. The molecule has 39 heavy (non-hydrogen) atoms. The molecule has 1 unspecified atom stereocenters. The Kier molecular flexibility index (Phi) is 10.7. The van der Waals surface area contributed by atoms with Gasteiger partial charge in [0.2, 0.25) is 5.91 Å². The Morgan fingerprint density at radius 1 is 0.974 bits per heavy atom. The van der Waals surface area contributed by atoms with Crippen LogP contribution in [0.2, 0.25) is 0 Å². The Bertz CT molecular complexity index is 1180. The Morgan fingerprint density at radius 3 is 2.18 bits per heavy atom. The highest BCUT2D eigenvalue weighted by Crippen LogP contribution is 2.40. The monoisotopic (exact) mass is 532 g/mol. The van der Waals surface area contributed by atoms with Gasteiger partial charge >= 0.3 is 0 Å². The van der Waals surface area contributed by atoms with E-state index in [4.69, 9.17) is 15.2 Å². The van der Waals surface area contributed by atoms with Gasteiger partial charge in [0.1, 0.15) is 0 Å². The fraction of sp³-hybridized carbons (Fsp3) is 0.375. The van der Waals surface area contributed by atoms with Crippen molar-refractivity contribution in [2.45, 2.75) is 38.0 Å². The van der Waals surface area contributed by atoms with Crippen LogP contribution in [0.4, 0.5) is 0 Å². The molecule has 1 amide bonds. The lowest BCUT2D eigenvalue weighted by Gasteiger charge is -2.39. The van der Waals surface area contributed by atoms with Gasteiger partial charge in [-0.1, -0.05) is 60.7 Å². The van der Waals surface area contributed by atoms with E-state index < -0.39 is 5.41 Å². The van der Waals surface area contributed by atoms with Gasteiger partial charge in [0.25, 0.3) is 0 Å². The number of piperidine rings is 1. The molecule has 3 aromatic carbocycles. The zero-order valence-corrected chi connectivity index (χ0v) is 22.9. The number of ether oxygens (including phenoxy) is 2. The molecule has 208 valence electrons. The summed E-state index contributed by atoms with van der Waals surface area (Å²) in [5.41, 5.74) is 7.84. The molecule has 0 saturated carbocycles. The predicted octanol–water partition coefficient (Wildman–Crippen LogP) is 4.42. The highest BCUT2D eigenvalue weighted by Gasteiger charge is 2.42. The summed E-state index contributed by atoms with van der Waals surface area (Å²) in [6, 6.07) is 25.2. The van der Waals surface area contributed by atoms with E-state index in [-0.39, 0.29) is 17.2 Å². The summed E-state index contributed by atoms with van der Waals surface area (Å²) >= 11 is 0. The molecule has 4 N–H and O–H groups in total. The van der Waals surface area contributed by atoms with E-state index in [9.17, 15) is 9.59 Å². The molecule has 1 heterocycles. The third-order valence-corrected chi connectivity index (χ3v) is 7.60. The number of carbonyl (C=O) groups excluding carboxylic acids is 2. The number of benzene rings is 3. The van der Waals surface area contributed by atoms with Crippen LogP contribution < -0.4 is 15.2 Å². The van der Waals surface area contributed by atoms with Crippen LogP contribution in [0.15, 0.2) is 78.9 Å². The molecule has 1 fully saturated rings. The van der Waals surface area contributed by atoms with Gasteiger partial charge in [-0.15, -0.1) is 0 Å². The van der Waals surface area contributed by atoms with Crippen LogP contribution in [-0.2, 0) is 10.2 Å². The Morgan fingerprint density at radius 2 is 1.62 bits per heavy atom. The average molecular weight is 533 g/mol. The first-order valence-electron chi connectivity index (χ1n) is 13.4. The molecule has 1 aliphatic rings. The van der Waals surface area contributed by atoms with E-state index in [1.807, 2.05) is 60.7 Å². The fourth-order valence-corrected chi connectivity index (χ4v) is 5.66. The van der Waals surface area contributed by atoms with Gasteiger partial charge in [-0.3, -0.25) is 9.59 Å². The number of nitrogens with zero attached hydrogens (tertiary/aromatic N) is 1. The van der Waals surface area contributed by atoms with Crippen molar-refractivity contribution in [3.05, 3.63) is 95.6 Å². The standard InChI is InChI=1S/C32H38N2O4.H2O/c1-24(35)26-16-17-29(30(21-26)37-2)38-20-10-19-34-18-9-11-25(23-34)22-32(31(33)36,27-12-5-3-6-13-27)28-14-7-4-8-15-28;/h3-8,12-17,21,25H,9-11,18-20,22-23H2,1-2H3,(H2,33,36);1H2. The molecule has 3 aromatic rings. The third kappa shape index (κ3) is 7.05. The highest BCUT2D eigenvalue weighted by atomic mass is 16.5. The van der Waals surface area contributed by atoms with Crippen molar-refractivity contribution in [2.24, 2.45) is 11.7 Å². The SMILES string of the molecule is COc1cc(C(C)=O)ccc1OCCCN1CCCC(CC(C(N)=O)(c2ccccc2)c2ccccc2)C1.O. The summed E-state index contributed by atoms with van der Waals surface area (Å²) in [4.78, 5) is 27.3. The van der Waals surface area contributed by atoms with Crippen LogP contribution in [-0.4, -0.2) is 55.4 Å². The Labute approximate surface area is 231 Å². The number of primary amides is 1. The molecule has 0 bridgehead atoms. The summed E-state index contributed by atoms with van der Waals surface area (Å²) in [5, 5.41) is 0. The molecule has 0 radical (unpaired) electrons. The number of nitrogens with two attached hydrogens (primary N) is 1. The minimum atomic E-state index is -0.859. The summed E-state index contributed by atoms with van der Waals surface area (Å²) < 4.78 is 11.4. The molecule has 1 saturated heterocycles. The molecular formula is C32H40N2O5. The van der Waals surface area contributed by atoms with Gasteiger partial charge in [0.15, 0.2) is 17.3 Å². The molecule has 0 aromatic heterocycles. The number of hydrogen-bond acceptors (Lipinski definition) is 5. The first-order chi connectivity index (χ1) is 18.4. The van der Waals surface area contributed by atoms with Crippen LogP contribution in [0.25, 0.3) is 0 Å². The summed E-state index contributed by atoms with van der Waals surface area (Å²) in [7, 11) is 1.58. The van der Waals surface area contributed by atoms with E-state index in [1.54, 1.807) is 25.3 Å². The minimum Gasteiger partial charge on any atom is -0.493 e. The number of carbonyl (C=O) groups is 2. The molecule has 1 atom stereocenters. The zero-order valence-electron chi connectivity index (χ0n) is 22.9. The minimum absolute atomic E-state index is 0. The zero-order chi connectivity index (χ0) is 27.0. The lowest BCUT2D eigenvalue weighted by atomic mass is 9.67. The second-order valence-electron chi connectivity index (χ2n) is 10.1. The maximum absolute atomic E-state index is 13.2. The normalized spacial score (nSPS) is 15.7. The molecule has 4 rings (SSSR count). The number of likely N-dealkylation sites (tertiary alicyclic amines) is 1. The second-order valence-corrected chi connectivity index (χ2v) is 10.1. The van der Waals surface area contributed by atoms with E-state index in [0.29, 0.717) is 36.0 Å². The van der Waals surface area contributed by atoms with Crippen LogP contribution >= 0.6 is 0 Å².